The molecular weight excluding hydrogens is 430 g/mol. The number of carbonyl (C=O) groups excluding carboxylic acids is 1. The molecule has 2 aromatic rings. The first-order valence-corrected chi connectivity index (χ1v) is 13.2. The average molecular weight is 462 g/mol. The van der Waals surface area contributed by atoms with Crippen LogP contribution in [0.3, 0.4) is 0 Å². The molecule has 2 N–H and O–H groups in total. The number of halogens is 1. The predicted molar refractivity (Wildman–Crippen MR) is 128 cm³/mol. The Labute approximate surface area is 190 Å². The van der Waals surface area contributed by atoms with Gasteiger partial charge in [0.1, 0.15) is 11.5 Å². The molecule has 0 aromatic heterocycles. The molecule has 1 aliphatic heterocycles. The number of benzene rings is 2. The molecule has 2 aromatic carbocycles. The van der Waals surface area contributed by atoms with Gasteiger partial charge in [-0.25, -0.2) is 0 Å². The Morgan fingerprint density at radius 3 is 2.13 bits per heavy atom. The number of carbonyl (C=O) groups is 1. The van der Waals surface area contributed by atoms with Gasteiger partial charge in [0.2, 0.25) is 0 Å². The first-order valence-electron chi connectivity index (χ1n) is 10.7. The molecular formula is C24H32ClNO4Si. The van der Waals surface area contributed by atoms with E-state index >= 15 is 0 Å². The van der Waals surface area contributed by atoms with Crippen LogP contribution in [0, 0.1) is 0 Å². The van der Waals surface area contributed by atoms with Crippen LogP contribution in [0.5, 0.6) is 11.5 Å². The summed E-state index contributed by atoms with van der Waals surface area (Å²) in [6.07, 6.45) is 0. The molecule has 1 aliphatic rings. The van der Waals surface area contributed by atoms with Gasteiger partial charge < -0.3 is 19.6 Å². The quantitative estimate of drug-likeness (QED) is 0.489. The lowest BCUT2D eigenvalue weighted by molar-refractivity contribution is -0.129. The SMILES string of the molecule is COc1cc(O[Si](C(C)C)(C(C)C)C(C)C)ccc1C1(O)C(=O)Nc2ccc(Cl)cc21. The fraction of sp³-hybridized carbons (Fsp3) is 0.458. The van der Waals surface area contributed by atoms with Crippen molar-refractivity contribution in [1.29, 1.82) is 0 Å². The van der Waals surface area contributed by atoms with Crippen LogP contribution >= 0.6 is 11.6 Å². The van der Waals surface area contributed by atoms with Gasteiger partial charge in [0.15, 0.2) is 5.60 Å². The van der Waals surface area contributed by atoms with E-state index in [1.165, 1.54) is 7.11 Å². The molecule has 0 saturated heterocycles. The standard InChI is InChI=1S/C24H32ClNO4Si/c1-14(2)31(15(3)4,16(5)6)30-18-9-10-19(22(13-18)29-7)24(28)20-12-17(25)8-11-21(20)26-23(24)27/h8-16,28H,1-7H3,(H,26,27). The highest BCUT2D eigenvalue weighted by molar-refractivity contribution is 6.78. The lowest BCUT2D eigenvalue weighted by Gasteiger charge is -2.42. The van der Waals surface area contributed by atoms with E-state index in [1.807, 2.05) is 6.07 Å². The van der Waals surface area contributed by atoms with Crippen LogP contribution < -0.4 is 14.5 Å². The molecule has 0 fully saturated rings. The highest BCUT2D eigenvalue weighted by atomic mass is 35.5. The summed E-state index contributed by atoms with van der Waals surface area (Å²) >= 11 is 6.15. The van der Waals surface area contributed by atoms with Crippen molar-refractivity contribution in [2.75, 3.05) is 12.4 Å². The van der Waals surface area contributed by atoms with E-state index in [0.29, 0.717) is 50.0 Å². The van der Waals surface area contributed by atoms with Gasteiger partial charge >= 0.3 is 0 Å². The maximum absolute atomic E-state index is 12.8. The van der Waals surface area contributed by atoms with E-state index in [-0.39, 0.29) is 0 Å². The van der Waals surface area contributed by atoms with E-state index < -0.39 is 19.8 Å². The number of methoxy groups -OCH3 is 1. The second kappa shape index (κ2) is 8.49. The highest BCUT2D eigenvalue weighted by Crippen LogP contribution is 2.47. The van der Waals surface area contributed by atoms with Crippen molar-refractivity contribution < 1.29 is 19.1 Å². The zero-order chi connectivity index (χ0) is 23.1. The van der Waals surface area contributed by atoms with Gasteiger partial charge in [-0.2, -0.15) is 0 Å². The van der Waals surface area contributed by atoms with Crippen molar-refractivity contribution in [3.05, 3.63) is 52.5 Å². The second-order valence-corrected chi connectivity index (χ2v) is 14.9. The van der Waals surface area contributed by atoms with Crippen LogP contribution in [0.2, 0.25) is 21.6 Å². The predicted octanol–water partition coefficient (Wildman–Crippen LogP) is 6.09. The van der Waals surface area contributed by atoms with E-state index in [9.17, 15) is 9.90 Å². The lowest BCUT2D eigenvalue weighted by atomic mass is 9.87. The minimum absolute atomic E-state index is 0.353. The molecule has 1 atom stereocenters. The van der Waals surface area contributed by atoms with Crippen molar-refractivity contribution in [2.45, 2.75) is 63.8 Å². The average Bonchev–Trinajstić information content (AvgIpc) is 2.95. The molecule has 1 heterocycles. The molecule has 0 radical (unpaired) electrons. The van der Waals surface area contributed by atoms with Crippen molar-refractivity contribution >= 4 is 31.5 Å². The van der Waals surface area contributed by atoms with Crippen LogP contribution in [0.15, 0.2) is 36.4 Å². The first-order chi connectivity index (χ1) is 14.5. The molecule has 0 aliphatic carbocycles. The Balaban J connectivity index is 2.10. The van der Waals surface area contributed by atoms with E-state index in [1.54, 1.807) is 30.3 Å². The third kappa shape index (κ3) is 3.75. The number of rotatable bonds is 7. The summed E-state index contributed by atoms with van der Waals surface area (Å²) in [6, 6.07) is 10.3. The monoisotopic (exact) mass is 461 g/mol. The van der Waals surface area contributed by atoms with E-state index in [2.05, 4.69) is 46.9 Å². The molecule has 0 spiro atoms. The van der Waals surface area contributed by atoms with Crippen molar-refractivity contribution in [3.63, 3.8) is 0 Å². The van der Waals surface area contributed by atoms with Gasteiger partial charge in [-0.15, -0.1) is 0 Å². The largest absolute Gasteiger partial charge is 0.543 e. The van der Waals surface area contributed by atoms with Gasteiger partial charge in [-0.05, 0) is 47.0 Å². The summed E-state index contributed by atoms with van der Waals surface area (Å²) in [7, 11) is -0.642. The molecule has 7 heteroatoms. The summed E-state index contributed by atoms with van der Waals surface area (Å²) in [5.74, 6) is 0.547. The third-order valence-corrected chi connectivity index (χ3v) is 12.8. The molecule has 168 valence electrons. The Morgan fingerprint density at radius 1 is 0.968 bits per heavy atom. The number of amides is 1. The summed E-state index contributed by atoms with van der Waals surface area (Å²) in [5, 5.41) is 14.7. The van der Waals surface area contributed by atoms with Gasteiger partial charge in [-0.1, -0.05) is 53.1 Å². The number of hydrogen-bond acceptors (Lipinski definition) is 4. The van der Waals surface area contributed by atoms with Crippen LogP contribution in [-0.2, 0) is 10.4 Å². The number of nitrogens with one attached hydrogen (secondary N) is 1. The molecule has 1 amide bonds. The van der Waals surface area contributed by atoms with Gasteiger partial charge in [-0.3, -0.25) is 4.79 Å². The zero-order valence-corrected chi connectivity index (χ0v) is 21.0. The van der Waals surface area contributed by atoms with Crippen LogP contribution in [0.25, 0.3) is 0 Å². The number of hydrogen-bond donors (Lipinski definition) is 2. The van der Waals surface area contributed by atoms with E-state index in [0.717, 1.165) is 0 Å². The zero-order valence-electron chi connectivity index (χ0n) is 19.2. The number of aliphatic hydroxyl groups is 1. The fourth-order valence-corrected chi connectivity index (χ4v) is 10.5. The second-order valence-electron chi connectivity index (χ2n) is 9.14. The van der Waals surface area contributed by atoms with Crippen molar-refractivity contribution in [1.82, 2.24) is 0 Å². The smallest absolute Gasteiger partial charge is 0.266 e. The van der Waals surface area contributed by atoms with Crippen LogP contribution in [-0.4, -0.2) is 26.4 Å². The van der Waals surface area contributed by atoms with Crippen molar-refractivity contribution in [3.8, 4) is 11.5 Å². The van der Waals surface area contributed by atoms with Crippen LogP contribution in [0.4, 0.5) is 5.69 Å². The maximum atomic E-state index is 12.8. The van der Waals surface area contributed by atoms with Gasteiger partial charge in [0.25, 0.3) is 14.2 Å². The Kier molecular flexibility index (Phi) is 6.47. The minimum atomic E-state index is -2.17. The third-order valence-electron chi connectivity index (χ3n) is 6.51. The molecule has 31 heavy (non-hydrogen) atoms. The van der Waals surface area contributed by atoms with Crippen LogP contribution in [0.1, 0.15) is 52.7 Å². The van der Waals surface area contributed by atoms with Crippen molar-refractivity contribution in [2.24, 2.45) is 0 Å². The van der Waals surface area contributed by atoms with Gasteiger partial charge in [0, 0.05) is 27.9 Å². The number of ether oxygens (including phenoxy) is 1. The molecule has 0 saturated carbocycles. The molecule has 3 rings (SSSR count). The Bertz CT molecular complexity index is 970. The molecule has 1 unspecified atom stereocenters. The first kappa shape index (κ1) is 23.6. The Hall–Kier alpha value is -2.02. The highest BCUT2D eigenvalue weighted by Gasteiger charge is 2.50. The fourth-order valence-electron chi connectivity index (χ4n) is 5.12. The maximum Gasteiger partial charge on any atom is 0.266 e. The number of anilines is 1. The lowest BCUT2D eigenvalue weighted by Crippen LogP contribution is -2.50. The summed E-state index contributed by atoms with van der Waals surface area (Å²) < 4.78 is 12.4. The molecule has 0 bridgehead atoms. The topological polar surface area (TPSA) is 67.8 Å². The summed E-state index contributed by atoms with van der Waals surface area (Å²) in [5.41, 5.74) is 0.641. The molecule has 5 nitrogen and oxygen atoms in total. The number of fused-ring (bicyclic) bond motifs is 1. The Morgan fingerprint density at radius 2 is 1.58 bits per heavy atom. The normalized spacial score (nSPS) is 18.5. The van der Waals surface area contributed by atoms with Gasteiger partial charge in [0.05, 0.1) is 7.11 Å². The summed E-state index contributed by atoms with van der Waals surface area (Å²) in [4.78, 5) is 12.8. The minimum Gasteiger partial charge on any atom is -0.543 e. The van der Waals surface area contributed by atoms with E-state index in [4.69, 9.17) is 20.8 Å². The summed E-state index contributed by atoms with van der Waals surface area (Å²) in [6.45, 7) is 13.4.